The number of hydrogen-bond donors (Lipinski definition) is 1. The Kier molecular flexibility index (Phi) is 5.81. The van der Waals surface area contributed by atoms with E-state index in [4.69, 9.17) is 4.74 Å². The summed E-state index contributed by atoms with van der Waals surface area (Å²) in [6, 6.07) is 6.87. The lowest BCUT2D eigenvalue weighted by molar-refractivity contribution is -0.142. The molecule has 6 heteroatoms. The van der Waals surface area contributed by atoms with Gasteiger partial charge < -0.3 is 9.84 Å². The number of halogens is 1. The molecule has 2 saturated heterocycles. The Labute approximate surface area is 142 Å². The molecule has 0 radical (unpaired) electrons. The lowest BCUT2D eigenvalue weighted by Gasteiger charge is -2.34. The number of carboxylic acid groups (broad SMARTS) is 1. The van der Waals surface area contributed by atoms with E-state index in [-0.39, 0.29) is 5.82 Å². The number of carboxylic acids is 1. The molecule has 1 N–H and O–H groups in total. The number of ether oxygens (including phenoxy) is 1. The van der Waals surface area contributed by atoms with Crippen LogP contribution in [-0.4, -0.2) is 66.3 Å². The van der Waals surface area contributed by atoms with E-state index in [1.165, 1.54) is 12.1 Å². The van der Waals surface area contributed by atoms with Crippen LogP contribution in [0.5, 0.6) is 0 Å². The summed E-state index contributed by atoms with van der Waals surface area (Å²) in [5.74, 6) is -1.38. The van der Waals surface area contributed by atoms with E-state index in [0.717, 1.165) is 44.7 Å². The Balaban J connectivity index is 1.66. The van der Waals surface area contributed by atoms with Crippen LogP contribution in [-0.2, 0) is 16.1 Å². The smallest absolute Gasteiger partial charge is 0.309 e. The molecule has 132 valence electrons. The molecular weight excluding hydrogens is 311 g/mol. The van der Waals surface area contributed by atoms with Crippen molar-refractivity contribution in [2.45, 2.75) is 25.4 Å². The minimum atomic E-state index is -0.738. The van der Waals surface area contributed by atoms with Crippen LogP contribution < -0.4 is 0 Å². The number of nitrogens with zero attached hydrogens (tertiary/aromatic N) is 2. The number of aliphatic carboxylic acids is 1. The molecular formula is C18H25FN2O3. The standard InChI is InChI=1S/C18H25FN2O3/c19-16-3-1-14(2-4-16)11-20-7-8-21(13-15(12-20)18(22)23)17-5-9-24-10-6-17/h1-4,15,17H,5-13H2,(H,22,23). The topological polar surface area (TPSA) is 53.0 Å². The van der Waals surface area contributed by atoms with Crippen LogP contribution in [0, 0.1) is 11.7 Å². The quantitative estimate of drug-likeness (QED) is 0.909. The van der Waals surface area contributed by atoms with Crippen molar-refractivity contribution in [3.8, 4) is 0 Å². The van der Waals surface area contributed by atoms with Crippen molar-refractivity contribution in [1.82, 2.24) is 9.80 Å². The molecule has 0 aromatic heterocycles. The Bertz CT molecular complexity index is 546. The van der Waals surface area contributed by atoms with Gasteiger partial charge in [-0.1, -0.05) is 12.1 Å². The fourth-order valence-corrected chi connectivity index (χ4v) is 3.63. The normalized spacial score (nSPS) is 24.6. The van der Waals surface area contributed by atoms with Gasteiger partial charge in [-0.15, -0.1) is 0 Å². The van der Waals surface area contributed by atoms with Gasteiger partial charge in [0.2, 0.25) is 0 Å². The first-order valence-corrected chi connectivity index (χ1v) is 8.63. The van der Waals surface area contributed by atoms with Crippen LogP contribution in [0.1, 0.15) is 18.4 Å². The van der Waals surface area contributed by atoms with Crippen LogP contribution in [0.3, 0.4) is 0 Å². The lowest BCUT2D eigenvalue weighted by atomic mass is 10.0. The molecule has 5 nitrogen and oxygen atoms in total. The van der Waals surface area contributed by atoms with Gasteiger partial charge in [0.05, 0.1) is 5.92 Å². The summed E-state index contributed by atoms with van der Waals surface area (Å²) in [6.45, 7) is 5.02. The number of carbonyl (C=O) groups is 1. The first-order valence-electron chi connectivity index (χ1n) is 8.63. The average molecular weight is 336 g/mol. The third-order valence-electron chi connectivity index (χ3n) is 5.01. The van der Waals surface area contributed by atoms with Gasteiger partial charge in [0.1, 0.15) is 5.82 Å². The monoisotopic (exact) mass is 336 g/mol. The first kappa shape index (κ1) is 17.3. The average Bonchev–Trinajstić information content (AvgIpc) is 2.81. The molecule has 3 rings (SSSR count). The highest BCUT2D eigenvalue weighted by Gasteiger charge is 2.31. The molecule has 1 atom stereocenters. The van der Waals surface area contributed by atoms with Crippen LogP contribution >= 0.6 is 0 Å². The summed E-state index contributed by atoms with van der Waals surface area (Å²) < 4.78 is 18.5. The van der Waals surface area contributed by atoms with Gasteiger partial charge >= 0.3 is 5.97 Å². The summed E-state index contributed by atoms with van der Waals surface area (Å²) in [7, 11) is 0. The van der Waals surface area contributed by atoms with Crippen molar-refractivity contribution in [2.75, 3.05) is 39.4 Å². The Hall–Kier alpha value is -1.50. The zero-order valence-corrected chi connectivity index (χ0v) is 13.9. The molecule has 0 amide bonds. The van der Waals surface area contributed by atoms with Gasteiger partial charge in [-0.3, -0.25) is 14.6 Å². The maximum Gasteiger partial charge on any atom is 0.309 e. The SMILES string of the molecule is O=C(O)C1CN(Cc2ccc(F)cc2)CCN(C2CCOCC2)C1. The van der Waals surface area contributed by atoms with E-state index < -0.39 is 11.9 Å². The molecule has 2 fully saturated rings. The predicted molar refractivity (Wildman–Crippen MR) is 88.2 cm³/mol. The van der Waals surface area contributed by atoms with Crippen molar-refractivity contribution < 1.29 is 19.0 Å². The molecule has 0 aliphatic carbocycles. The largest absolute Gasteiger partial charge is 0.481 e. The Morgan fingerprint density at radius 2 is 1.88 bits per heavy atom. The van der Waals surface area contributed by atoms with Crippen LogP contribution in [0.4, 0.5) is 4.39 Å². The molecule has 24 heavy (non-hydrogen) atoms. The second-order valence-electron chi connectivity index (χ2n) is 6.74. The minimum absolute atomic E-state index is 0.247. The van der Waals surface area contributed by atoms with Crippen molar-refractivity contribution in [3.63, 3.8) is 0 Å². The highest BCUT2D eigenvalue weighted by Crippen LogP contribution is 2.20. The van der Waals surface area contributed by atoms with E-state index in [0.29, 0.717) is 25.7 Å². The fourth-order valence-electron chi connectivity index (χ4n) is 3.63. The molecule has 0 spiro atoms. The maximum absolute atomic E-state index is 13.0. The van der Waals surface area contributed by atoms with E-state index in [1.807, 2.05) is 0 Å². The molecule has 2 heterocycles. The maximum atomic E-state index is 13.0. The van der Waals surface area contributed by atoms with E-state index in [2.05, 4.69) is 9.80 Å². The number of benzene rings is 1. The zero-order valence-electron chi connectivity index (χ0n) is 13.9. The highest BCUT2D eigenvalue weighted by atomic mass is 19.1. The van der Waals surface area contributed by atoms with E-state index >= 15 is 0 Å². The number of rotatable bonds is 4. The van der Waals surface area contributed by atoms with Crippen molar-refractivity contribution in [3.05, 3.63) is 35.6 Å². The van der Waals surface area contributed by atoms with Gasteiger partial charge in [-0.05, 0) is 30.5 Å². The van der Waals surface area contributed by atoms with Crippen molar-refractivity contribution >= 4 is 5.97 Å². The third-order valence-corrected chi connectivity index (χ3v) is 5.01. The van der Waals surface area contributed by atoms with Crippen LogP contribution in [0.15, 0.2) is 24.3 Å². The van der Waals surface area contributed by atoms with Gasteiger partial charge in [0.15, 0.2) is 0 Å². The fraction of sp³-hybridized carbons (Fsp3) is 0.611. The van der Waals surface area contributed by atoms with E-state index in [1.54, 1.807) is 12.1 Å². The Morgan fingerprint density at radius 1 is 1.17 bits per heavy atom. The molecule has 1 aromatic carbocycles. The Morgan fingerprint density at radius 3 is 2.54 bits per heavy atom. The number of hydrogen-bond acceptors (Lipinski definition) is 4. The van der Waals surface area contributed by atoms with Crippen molar-refractivity contribution in [2.24, 2.45) is 5.92 Å². The predicted octanol–water partition coefficient (Wildman–Crippen LogP) is 1.82. The second-order valence-corrected chi connectivity index (χ2v) is 6.74. The zero-order chi connectivity index (χ0) is 16.9. The van der Waals surface area contributed by atoms with E-state index in [9.17, 15) is 14.3 Å². The van der Waals surface area contributed by atoms with Crippen molar-refractivity contribution in [1.29, 1.82) is 0 Å². The summed E-state index contributed by atoms with van der Waals surface area (Å²) >= 11 is 0. The molecule has 1 aromatic rings. The molecule has 0 bridgehead atoms. The summed E-state index contributed by atoms with van der Waals surface area (Å²) in [5, 5.41) is 9.57. The molecule has 1 unspecified atom stereocenters. The summed E-state index contributed by atoms with van der Waals surface area (Å²) in [4.78, 5) is 16.1. The van der Waals surface area contributed by atoms with Crippen LogP contribution in [0.2, 0.25) is 0 Å². The second kappa shape index (κ2) is 8.05. The van der Waals surface area contributed by atoms with Gasteiger partial charge in [0, 0.05) is 52.0 Å². The van der Waals surface area contributed by atoms with Gasteiger partial charge in [-0.2, -0.15) is 0 Å². The van der Waals surface area contributed by atoms with Gasteiger partial charge in [0.25, 0.3) is 0 Å². The highest BCUT2D eigenvalue weighted by molar-refractivity contribution is 5.70. The molecule has 0 saturated carbocycles. The molecule has 2 aliphatic heterocycles. The summed E-state index contributed by atoms with van der Waals surface area (Å²) in [6.07, 6.45) is 1.95. The molecule has 2 aliphatic rings. The third kappa shape index (κ3) is 4.53. The first-order chi connectivity index (χ1) is 11.6. The van der Waals surface area contributed by atoms with Gasteiger partial charge in [-0.25, -0.2) is 4.39 Å². The van der Waals surface area contributed by atoms with Crippen LogP contribution in [0.25, 0.3) is 0 Å². The lowest BCUT2D eigenvalue weighted by Crippen LogP contribution is -2.43. The minimum Gasteiger partial charge on any atom is -0.481 e. The summed E-state index contributed by atoms with van der Waals surface area (Å²) in [5.41, 5.74) is 1.01.